The normalized spacial score (nSPS) is 10.2. The number of halogens is 1. The van der Waals surface area contributed by atoms with Gasteiger partial charge >= 0.3 is 0 Å². The lowest BCUT2D eigenvalue weighted by atomic mass is 10.0. The molecule has 0 unspecified atom stereocenters. The Morgan fingerprint density at radius 3 is 2.42 bits per heavy atom. The molecule has 0 aliphatic heterocycles. The van der Waals surface area contributed by atoms with Gasteiger partial charge in [0, 0.05) is 12.8 Å². The van der Waals surface area contributed by atoms with Crippen LogP contribution in [0, 0.1) is 5.82 Å². The number of carbonyl (C=O) groups is 1. The molecule has 0 saturated heterocycles. The average Bonchev–Trinajstić information content (AvgIpc) is 2.41. The Kier molecular flexibility index (Phi) is 4.29. The minimum atomic E-state index is -0.288. The van der Waals surface area contributed by atoms with Crippen molar-refractivity contribution in [3.63, 3.8) is 0 Å². The standard InChI is InChI=1S/C16H15FO2/c1-19-16-4-2-3-13(11-16)10-15(18)9-12-5-7-14(17)8-6-12/h2-8,11H,9-10H2,1H3. The summed E-state index contributed by atoms with van der Waals surface area (Å²) in [7, 11) is 1.60. The van der Waals surface area contributed by atoms with E-state index in [1.807, 2.05) is 24.3 Å². The molecule has 3 heteroatoms. The summed E-state index contributed by atoms with van der Waals surface area (Å²) in [5, 5.41) is 0. The fourth-order valence-corrected chi connectivity index (χ4v) is 1.90. The predicted molar refractivity (Wildman–Crippen MR) is 71.8 cm³/mol. The van der Waals surface area contributed by atoms with Crippen molar-refractivity contribution in [3.05, 3.63) is 65.5 Å². The van der Waals surface area contributed by atoms with E-state index in [9.17, 15) is 9.18 Å². The molecule has 2 aromatic carbocycles. The molecule has 0 bridgehead atoms. The minimum Gasteiger partial charge on any atom is -0.497 e. The van der Waals surface area contributed by atoms with Crippen LogP contribution >= 0.6 is 0 Å². The van der Waals surface area contributed by atoms with E-state index >= 15 is 0 Å². The molecule has 0 aromatic heterocycles. The van der Waals surface area contributed by atoms with Crippen LogP contribution in [0.4, 0.5) is 4.39 Å². The van der Waals surface area contributed by atoms with E-state index in [1.165, 1.54) is 12.1 Å². The summed E-state index contributed by atoms with van der Waals surface area (Å²) < 4.78 is 17.9. The molecule has 0 amide bonds. The molecular formula is C16H15FO2. The van der Waals surface area contributed by atoms with Crippen molar-refractivity contribution in [2.75, 3.05) is 7.11 Å². The molecule has 2 aromatic rings. The molecule has 0 heterocycles. The second-order valence-electron chi connectivity index (χ2n) is 4.37. The zero-order chi connectivity index (χ0) is 13.7. The molecule has 0 saturated carbocycles. The Bertz CT molecular complexity index is 561. The largest absolute Gasteiger partial charge is 0.497 e. The lowest BCUT2D eigenvalue weighted by molar-refractivity contribution is -0.117. The van der Waals surface area contributed by atoms with Crippen molar-refractivity contribution in [3.8, 4) is 5.75 Å². The van der Waals surface area contributed by atoms with E-state index < -0.39 is 0 Å². The monoisotopic (exact) mass is 258 g/mol. The Hall–Kier alpha value is -2.16. The molecule has 2 rings (SSSR count). The fraction of sp³-hybridized carbons (Fsp3) is 0.188. The van der Waals surface area contributed by atoms with Gasteiger partial charge in [-0.1, -0.05) is 24.3 Å². The van der Waals surface area contributed by atoms with Gasteiger partial charge in [0.05, 0.1) is 7.11 Å². The van der Waals surface area contributed by atoms with Gasteiger partial charge in [-0.25, -0.2) is 4.39 Å². The van der Waals surface area contributed by atoms with Crippen LogP contribution in [-0.2, 0) is 17.6 Å². The quantitative estimate of drug-likeness (QED) is 0.823. The number of Topliss-reactive ketones (excluding diaryl/α,β-unsaturated/α-hetero) is 1. The number of rotatable bonds is 5. The van der Waals surface area contributed by atoms with E-state index in [-0.39, 0.29) is 11.6 Å². The summed E-state index contributed by atoms with van der Waals surface area (Å²) in [5.41, 5.74) is 1.75. The molecule has 0 aliphatic carbocycles. The first-order chi connectivity index (χ1) is 9.17. The zero-order valence-electron chi connectivity index (χ0n) is 10.7. The number of methoxy groups -OCH3 is 1. The highest BCUT2D eigenvalue weighted by molar-refractivity contribution is 5.83. The number of hydrogen-bond donors (Lipinski definition) is 0. The second-order valence-corrected chi connectivity index (χ2v) is 4.37. The lowest BCUT2D eigenvalue weighted by Gasteiger charge is -2.04. The third-order valence-electron chi connectivity index (χ3n) is 2.85. The van der Waals surface area contributed by atoms with E-state index in [0.29, 0.717) is 12.8 Å². The summed E-state index contributed by atoms with van der Waals surface area (Å²) in [4.78, 5) is 11.9. The molecule has 0 fully saturated rings. The third-order valence-corrected chi connectivity index (χ3v) is 2.85. The van der Waals surface area contributed by atoms with E-state index in [1.54, 1.807) is 19.2 Å². The Labute approximate surface area is 111 Å². The summed E-state index contributed by atoms with van der Waals surface area (Å²) >= 11 is 0. The SMILES string of the molecule is COc1cccc(CC(=O)Cc2ccc(F)cc2)c1. The fourth-order valence-electron chi connectivity index (χ4n) is 1.90. The lowest BCUT2D eigenvalue weighted by Crippen LogP contribution is -2.06. The van der Waals surface area contributed by atoms with Crippen LogP contribution in [0.2, 0.25) is 0 Å². The maximum Gasteiger partial charge on any atom is 0.141 e. The summed E-state index contributed by atoms with van der Waals surface area (Å²) in [6, 6.07) is 13.5. The number of hydrogen-bond acceptors (Lipinski definition) is 2. The van der Waals surface area contributed by atoms with Crippen LogP contribution in [-0.4, -0.2) is 12.9 Å². The van der Waals surface area contributed by atoms with Gasteiger partial charge in [0.25, 0.3) is 0 Å². The van der Waals surface area contributed by atoms with Crippen molar-refractivity contribution < 1.29 is 13.9 Å². The van der Waals surface area contributed by atoms with Crippen LogP contribution in [0.25, 0.3) is 0 Å². The average molecular weight is 258 g/mol. The summed E-state index contributed by atoms with van der Waals surface area (Å²) in [5.74, 6) is 0.552. The number of ketones is 1. The first kappa shape index (κ1) is 13.3. The van der Waals surface area contributed by atoms with Crippen molar-refractivity contribution in [1.82, 2.24) is 0 Å². The van der Waals surface area contributed by atoms with Crippen LogP contribution in [0.15, 0.2) is 48.5 Å². The molecule has 0 radical (unpaired) electrons. The Morgan fingerprint density at radius 2 is 1.74 bits per heavy atom. The summed E-state index contributed by atoms with van der Waals surface area (Å²) in [6.45, 7) is 0. The van der Waals surface area contributed by atoms with Gasteiger partial charge in [0.2, 0.25) is 0 Å². The molecule has 98 valence electrons. The van der Waals surface area contributed by atoms with E-state index in [2.05, 4.69) is 0 Å². The van der Waals surface area contributed by atoms with Crippen molar-refractivity contribution in [2.24, 2.45) is 0 Å². The predicted octanol–water partition coefficient (Wildman–Crippen LogP) is 3.19. The maximum absolute atomic E-state index is 12.8. The second kappa shape index (κ2) is 6.14. The minimum absolute atomic E-state index is 0.0971. The Balaban J connectivity index is 1.99. The van der Waals surface area contributed by atoms with Crippen LogP contribution in [0.1, 0.15) is 11.1 Å². The molecule has 19 heavy (non-hydrogen) atoms. The first-order valence-corrected chi connectivity index (χ1v) is 6.06. The van der Waals surface area contributed by atoms with Crippen LogP contribution in [0.5, 0.6) is 5.75 Å². The highest BCUT2D eigenvalue weighted by atomic mass is 19.1. The number of carbonyl (C=O) groups excluding carboxylic acids is 1. The smallest absolute Gasteiger partial charge is 0.141 e. The van der Waals surface area contributed by atoms with Gasteiger partial charge < -0.3 is 4.74 Å². The summed E-state index contributed by atoms with van der Waals surface area (Å²) in [6.07, 6.45) is 0.673. The van der Waals surface area contributed by atoms with Crippen LogP contribution < -0.4 is 4.74 Å². The first-order valence-electron chi connectivity index (χ1n) is 6.06. The Morgan fingerprint density at radius 1 is 1.05 bits per heavy atom. The van der Waals surface area contributed by atoms with Gasteiger partial charge in [0.1, 0.15) is 17.3 Å². The highest BCUT2D eigenvalue weighted by Gasteiger charge is 2.06. The topological polar surface area (TPSA) is 26.3 Å². The van der Waals surface area contributed by atoms with Crippen LogP contribution in [0.3, 0.4) is 0 Å². The van der Waals surface area contributed by atoms with Gasteiger partial charge in [-0.15, -0.1) is 0 Å². The molecule has 0 aliphatic rings. The molecule has 0 atom stereocenters. The zero-order valence-corrected chi connectivity index (χ0v) is 10.7. The van der Waals surface area contributed by atoms with Gasteiger partial charge in [0.15, 0.2) is 0 Å². The highest BCUT2D eigenvalue weighted by Crippen LogP contribution is 2.14. The van der Waals surface area contributed by atoms with E-state index in [0.717, 1.165) is 16.9 Å². The van der Waals surface area contributed by atoms with Crippen molar-refractivity contribution in [2.45, 2.75) is 12.8 Å². The van der Waals surface area contributed by atoms with Gasteiger partial charge in [-0.05, 0) is 35.4 Å². The van der Waals surface area contributed by atoms with Crippen molar-refractivity contribution in [1.29, 1.82) is 0 Å². The van der Waals surface area contributed by atoms with E-state index in [4.69, 9.17) is 4.74 Å². The molecular weight excluding hydrogens is 243 g/mol. The molecule has 2 nitrogen and oxygen atoms in total. The number of ether oxygens (including phenoxy) is 1. The maximum atomic E-state index is 12.8. The van der Waals surface area contributed by atoms with Crippen molar-refractivity contribution >= 4 is 5.78 Å². The molecule has 0 N–H and O–H groups in total. The van der Waals surface area contributed by atoms with Gasteiger partial charge in [-0.2, -0.15) is 0 Å². The van der Waals surface area contributed by atoms with Gasteiger partial charge in [-0.3, -0.25) is 4.79 Å². The third kappa shape index (κ3) is 3.91. The number of benzene rings is 2. The molecule has 0 spiro atoms.